The van der Waals surface area contributed by atoms with Crippen molar-refractivity contribution in [2.75, 3.05) is 11.9 Å². The van der Waals surface area contributed by atoms with Crippen molar-refractivity contribution in [3.8, 4) is 0 Å². The Balaban J connectivity index is 1.62. The van der Waals surface area contributed by atoms with Crippen LogP contribution in [-0.2, 0) is 24.2 Å². The number of amides is 3. The number of benzene rings is 1. The van der Waals surface area contributed by atoms with Crippen LogP contribution in [0.15, 0.2) is 35.0 Å². The van der Waals surface area contributed by atoms with Gasteiger partial charge in [-0.3, -0.25) is 4.79 Å². The zero-order chi connectivity index (χ0) is 17.8. The van der Waals surface area contributed by atoms with Gasteiger partial charge in [0.1, 0.15) is 0 Å². The summed E-state index contributed by atoms with van der Waals surface area (Å²) >= 11 is 1.67. The smallest absolute Gasteiger partial charge is 0.317 e. The summed E-state index contributed by atoms with van der Waals surface area (Å²) in [5.74, 6) is -0.0733. The summed E-state index contributed by atoms with van der Waals surface area (Å²) in [4.78, 5) is 25.7. The molecule has 5 nitrogen and oxygen atoms in total. The quantitative estimate of drug-likeness (QED) is 0.881. The minimum absolute atomic E-state index is 0.0293. The lowest BCUT2D eigenvalue weighted by Crippen LogP contribution is -2.46. The minimum Gasteiger partial charge on any atom is -0.335 e. The fourth-order valence-corrected chi connectivity index (χ4v) is 3.89. The predicted octanol–water partition coefficient (Wildman–Crippen LogP) is 3.41. The van der Waals surface area contributed by atoms with Crippen LogP contribution in [0.1, 0.15) is 30.5 Å². The summed E-state index contributed by atoms with van der Waals surface area (Å²) in [7, 11) is 0. The van der Waals surface area contributed by atoms with E-state index < -0.39 is 0 Å². The minimum atomic E-state index is -0.0733. The molecule has 0 unspecified atom stereocenters. The Morgan fingerprint density at radius 2 is 2.16 bits per heavy atom. The number of hydrogen-bond acceptors (Lipinski definition) is 3. The molecular formula is C19H23N3O2S. The van der Waals surface area contributed by atoms with Crippen molar-refractivity contribution in [3.63, 3.8) is 0 Å². The Morgan fingerprint density at radius 3 is 2.88 bits per heavy atom. The number of fused-ring (bicyclic) bond motifs is 1. The normalized spacial score (nSPS) is 14.6. The van der Waals surface area contributed by atoms with Gasteiger partial charge in [0.05, 0.1) is 0 Å². The van der Waals surface area contributed by atoms with E-state index in [1.807, 2.05) is 30.0 Å². The first-order valence-corrected chi connectivity index (χ1v) is 9.42. The highest BCUT2D eigenvalue weighted by Crippen LogP contribution is 2.26. The average molecular weight is 357 g/mol. The maximum Gasteiger partial charge on any atom is 0.317 e. The highest BCUT2D eigenvalue weighted by Gasteiger charge is 2.23. The molecule has 1 aromatic carbocycles. The molecule has 2 heterocycles. The molecule has 2 aromatic rings. The van der Waals surface area contributed by atoms with Gasteiger partial charge in [-0.15, -0.1) is 0 Å². The summed E-state index contributed by atoms with van der Waals surface area (Å²) in [6, 6.07) is 8.01. The molecule has 0 radical (unpaired) electrons. The fraction of sp³-hybridized carbons (Fsp3) is 0.368. The van der Waals surface area contributed by atoms with Crippen LogP contribution in [0, 0.1) is 0 Å². The maximum atomic E-state index is 12.6. The second kappa shape index (κ2) is 7.70. The molecule has 0 spiro atoms. The predicted molar refractivity (Wildman–Crippen MR) is 101 cm³/mol. The molecule has 3 amide bonds. The van der Waals surface area contributed by atoms with Crippen molar-refractivity contribution in [1.82, 2.24) is 10.2 Å². The van der Waals surface area contributed by atoms with Gasteiger partial charge in [0, 0.05) is 31.7 Å². The van der Waals surface area contributed by atoms with Gasteiger partial charge < -0.3 is 15.5 Å². The highest BCUT2D eigenvalue weighted by molar-refractivity contribution is 7.07. The van der Waals surface area contributed by atoms with Crippen LogP contribution in [0.5, 0.6) is 0 Å². The second-order valence-electron chi connectivity index (χ2n) is 6.48. The van der Waals surface area contributed by atoms with E-state index in [0.29, 0.717) is 13.1 Å². The molecule has 2 N–H and O–H groups in total. The van der Waals surface area contributed by atoms with E-state index in [9.17, 15) is 9.59 Å². The maximum absolute atomic E-state index is 12.6. The monoisotopic (exact) mass is 357 g/mol. The number of nitrogens with one attached hydrogen (secondary N) is 2. The molecule has 0 saturated carbocycles. The standard InChI is InChI=1S/C19H23N3O2S/c1-13(10-15-7-9-25-12-15)20-19(24)22-8-6-17-16(11-22)4-3-5-18(17)21-14(2)23/h3-5,7,9,12-13H,6,8,10-11H2,1-2H3,(H,20,24)(H,21,23)/t13-/m0/s1. The lowest BCUT2D eigenvalue weighted by atomic mass is 9.98. The van der Waals surface area contributed by atoms with Gasteiger partial charge in [-0.05, 0) is 59.3 Å². The molecule has 0 bridgehead atoms. The molecule has 6 heteroatoms. The van der Waals surface area contributed by atoms with Crippen molar-refractivity contribution in [3.05, 3.63) is 51.7 Å². The largest absolute Gasteiger partial charge is 0.335 e. The highest BCUT2D eigenvalue weighted by atomic mass is 32.1. The van der Waals surface area contributed by atoms with Gasteiger partial charge in [-0.2, -0.15) is 11.3 Å². The Morgan fingerprint density at radius 1 is 1.32 bits per heavy atom. The Labute approximate surface area is 152 Å². The molecule has 1 aliphatic heterocycles. The fourth-order valence-electron chi connectivity index (χ4n) is 3.21. The molecule has 25 heavy (non-hydrogen) atoms. The van der Waals surface area contributed by atoms with Gasteiger partial charge in [0.25, 0.3) is 0 Å². The number of carbonyl (C=O) groups is 2. The third-order valence-electron chi connectivity index (χ3n) is 4.36. The summed E-state index contributed by atoms with van der Waals surface area (Å²) in [5.41, 5.74) is 4.34. The summed E-state index contributed by atoms with van der Waals surface area (Å²) in [6.07, 6.45) is 1.59. The topological polar surface area (TPSA) is 61.4 Å². The van der Waals surface area contributed by atoms with Gasteiger partial charge in [0.15, 0.2) is 0 Å². The van der Waals surface area contributed by atoms with E-state index in [2.05, 4.69) is 27.5 Å². The van der Waals surface area contributed by atoms with Crippen LogP contribution >= 0.6 is 11.3 Å². The Kier molecular flexibility index (Phi) is 5.38. The lowest BCUT2D eigenvalue weighted by Gasteiger charge is -2.31. The number of rotatable bonds is 4. The second-order valence-corrected chi connectivity index (χ2v) is 7.26. The molecule has 0 saturated heterocycles. The van der Waals surface area contributed by atoms with Gasteiger partial charge >= 0.3 is 6.03 Å². The van der Waals surface area contributed by atoms with Crippen molar-refractivity contribution < 1.29 is 9.59 Å². The average Bonchev–Trinajstić information content (AvgIpc) is 3.06. The molecule has 132 valence electrons. The van der Waals surface area contributed by atoms with Crippen LogP contribution in [-0.4, -0.2) is 29.4 Å². The Hall–Kier alpha value is -2.34. The first-order chi connectivity index (χ1) is 12.0. The van der Waals surface area contributed by atoms with E-state index in [-0.39, 0.29) is 18.0 Å². The van der Waals surface area contributed by atoms with E-state index in [1.54, 1.807) is 11.3 Å². The van der Waals surface area contributed by atoms with E-state index in [0.717, 1.165) is 29.7 Å². The molecule has 0 fully saturated rings. The zero-order valence-corrected chi connectivity index (χ0v) is 15.4. The van der Waals surface area contributed by atoms with E-state index in [4.69, 9.17) is 0 Å². The van der Waals surface area contributed by atoms with Crippen molar-refractivity contribution in [2.24, 2.45) is 0 Å². The summed E-state index contributed by atoms with van der Waals surface area (Å²) < 4.78 is 0. The number of thiophene rings is 1. The first kappa shape index (κ1) is 17.5. The van der Waals surface area contributed by atoms with Gasteiger partial charge in [-0.25, -0.2) is 4.79 Å². The van der Waals surface area contributed by atoms with Crippen LogP contribution in [0.2, 0.25) is 0 Å². The third kappa shape index (κ3) is 4.39. The summed E-state index contributed by atoms with van der Waals surface area (Å²) in [6.45, 7) is 4.76. The number of hydrogen-bond donors (Lipinski definition) is 2. The zero-order valence-electron chi connectivity index (χ0n) is 14.5. The molecule has 1 aromatic heterocycles. The molecular weight excluding hydrogens is 334 g/mol. The van der Waals surface area contributed by atoms with Gasteiger partial charge in [-0.1, -0.05) is 12.1 Å². The van der Waals surface area contributed by atoms with Crippen LogP contribution in [0.4, 0.5) is 10.5 Å². The lowest BCUT2D eigenvalue weighted by molar-refractivity contribution is -0.114. The van der Waals surface area contributed by atoms with Crippen LogP contribution < -0.4 is 10.6 Å². The molecule has 0 aliphatic carbocycles. The number of nitrogens with zero attached hydrogens (tertiary/aromatic N) is 1. The van der Waals surface area contributed by atoms with Crippen molar-refractivity contribution in [1.29, 1.82) is 0 Å². The molecule has 1 aliphatic rings. The third-order valence-corrected chi connectivity index (χ3v) is 5.09. The summed E-state index contributed by atoms with van der Waals surface area (Å²) in [5, 5.41) is 10.1. The number of carbonyl (C=O) groups excluding carboxylic acids is 2. The van der Waals surface area contributed by atoms with Crippen molar-refractivity contribution in [2.45, 2.75) is 39.3 Å². The van der Waals surface area contributed by atoms with Crippen LogP contribution in [0.25, 0.3) is 0 Å². The van der Waals surface area contributed by atoms with Crippen LogP contribution in [0.3, 0.4) is 0 Å². The molecule has 1 atom stereocenters. The number of urea groups is 1. The van der Waals surface area contributed by atoms with Crippen molar-refractivity contribution >= 4 is 29.0 Å². The molecule has 3 rings (SSSR count). The Bertz CT molecular complexity index is 758. The van der Waals surface area contributed by atoms with E-state index >= 15 is 0 Å². The number of anilines is 1. The van der Waals surface area contributed by atoms with E-state index in [1.165, 1.54) is 12.5 Å². The SMILES string of the molecule is CC(=O)Nc1cccc2c1CCN(C(=O)N[C@@H](C)Cc1ccsc1)C2. The first-order valence-electron chi connectivity index (χ1n) is 8.48. The van der Waals surface area contributed by atoms with Gasteiger partial charge in [0.2, 0.25) is 5.91 Å².